The zero-order valence-corrected chi connectivity index (χ0v) is 24.1. The van der Waals surface area contributed by atoms with Crippen LogP contribution in [0.2, 0.25) is 0 Å². The number of nitrogens with two attached hydrogens (primary N) is 1. The number of nitrogen functional groups attached to an aromatic ring is 1. The predicted octanol–water partition coefficient (Wildman–Crippen LogP) is 10.0. The van der Waals surface area contributed by atoms with Gasteiger partial charge in [0.25, 0.3) is 0 Å². The highest BCUT2D eigenvalue weighted by Gasteiger charge is 2.36. The number of fused-ring (bicyclic) bond motifs is 6. The van der Waals surface area contributed by atoms with Crippen molar-refractivity contribution in [2.45, 2.75) is 19.3 Å². The van der Waals surface area contributed by atoms with Crippen LogP contribution in [0.25, 0.3) is 71.3 Å². The smallest absolute Gasteiger partial charge is 0.205 e. The third kappa shape index (κ3) is 3.17. The molecule has 0 saturated carbocycles. The molecule has 0 spiro atoms. The molecule has 3 heteroatoms. The maximum Gasteiger partial charge on any atom is 0.205 e. The van der Waals surface area contributed by atoms with Gasteiger partial charge >= 0.3 is 0 Å². The predicted molar refractivity (Wildman–Crippen MR) is 181 cm³/mol. The first-order chi connectivity index (χ1) is 21.0. The van der Waals surface area contributed by atoms with E-state index in [1.54, 1.807) is 0 Å². The molecule has 1 aromatic heterocycles. The molecule has 1 heterocycles. The van der Waals surface area contributed by atoms with Crippen LogP contribution in [0, 0.1) is 0 Å². The number of hydrogen-bond acceptors (Lipinski definition) is 2. The monoisotopic (exact) mass is 551 g/mol. The summed E-state index contributed by atoms with van der Waals surface area (Å²) in [6, 6.07) is 46.1. The number of rotatable bonds is 2. The fourth-order valence-electron chi connectivity index (χ4n) is 7.78. The van der Waals surface area contributed by atoms with E-state index in [9.17, 15) is 0 Å². The highest BCUT2D eigenvalue weighted by atomic mass is 15.2. The Kier molecular flexibility index (Phi) is 4.82. The lowest BCUT2D eigenvalue weighted by molar-refractivity contribution is 0.651. The molecule has 1 aliphatic rings. The number of aromatic nitrogens is 2. The van der Waals surface area contributed by atoms with Crippen molar-refractivity contribution in [3.05, 3.63) is 139 Å². The lowest BCUT2D eigenvalue weighted by atomic mass is 9.66. The summed E-state index contributed by atoms with van der Waals surface area (Å²) < 4.78 is 2.08. The second-order valence-electron chi connectivity index (χ2n) is 12.2. The molecule has 0 atom stereocenters. The van der Waals surface area contributed by atoms with E-state index in [-0.39, 0.29) is 5.41 Å². The molecule has 2 N–H and O–H groups in total. The van der Waals surface area contributed by atoms with Crippen LogP contribution in [0.3, 0.4) is 0 Å². The molecule has 0 radical (unpaired) electrons. The first-order valence-corrected chi connectivity index (χ1v) is 14.9. The minimum absolute atomic E-state index is 0.146. The van der Waals surface area contributed by atoms with Crippen LogP contribution >= 0.6 is 0 Å². The van der Waals surface area contributed by atoms with Crippen LogP contribution in [-0.4, -0.2) is 9.55 Å². The summed E-state index contributed by atoms with van der Waals surface area (Å²) in [6.45, 7) is 4.76. The zero-order valence-electron chi connectivity index (χ0n) is 24.1. The van der Waals surface area contributed by atoms with E-state index in [4.69, 9.17) is 5.73 Å². The van der Waals surface area contributed by atoms with Crippen LogP contribution < -0.4 is 5.73 Å². The van der Waals surface area contributed by atoms with Crippen molar-refractivity contribution < 1.29 is 0 Å². The highest BCUT2D eigenvalue weighted by molar-refractivity contribution is 6.23. The standard InChI is InChI=1S/C40H29N3/c1-40(2)32-19-8-7-13-25(32)27-17-11-18-31-36(28-15-5-6-16-30(28)38(40)37(27)31)29-22-23-34(26-14-4-3-12-24(26)29)43-35-21-10-9-20-33(35)42-39(43)41/h3-23H,1-2H3,(H2,41,42). The highest BCUT2D eigenvalue weighted by Crippen LogP contribution is 2.54. The van der Waals surface area contributed by atoms with Crippen molar-refractivity contribution in [1.82, 2.24) is 9.55 Å². The molecule has 43 heavy (non-hydrogen) atoms. The fraction of sp³-hybridized carbons (Fsp3) is 0.0750. The molecule has 9 rings (SSSR count). The molecular weight excluding hydrogens is 522 g/mol. The largest absolute Gasteiger partial charge is 0.369 e. The summed E-state index contributed by atoms with van der Waals surface area (Å²) in [5.74, 6) is 0.493. The first kappa shape index (κ1) is 24.2. The van der Waals surface area contributed by atoms with Crippen molar-refractivity contribution in [1.29, 1.82) is 0 Å². The Hall–Kier alpha value is -5.41. The summed E-state index contributed by atoms with van der Waals surface area (Å²) in [4.78, 5) is 4.67. The van der Waals surface area contributed by atoms with E-state index in [0.717, 1.165) is 22.1 Å². The molecule has 0 bridgehead atoms. The van der Waals surface area contributed by atoms with Gasteiger partial charge in [0.05, 0.1) is 16.7 Å². The van der Waals surface area contributed by atoms with Crippen LogP contribution in [-0.2, 0) is 5.41 Å². The molecule has 0 fully saturated rings. The molecule has 0 amide bonds. The van der Waals surface area contributed by atoms with Gasteiger partial charge in [0.2, 0.25) is 5.95 Å². The first-order valence-electron chi connectivity index (χ1n) is 14.9. The minimum atomic E-state index is -0.146. The molecule has 3 nitrogen and oxygen atoms in total. The van der Waals surface area contributed by atoms with E-state index >= 15 is 0 Å². The fourth-order valence-corrected chi connectivity index (χ4v) is 7.78. The van der Waals surface area contributed by atoms with Gasteiger partial charge in [-0.2, -0.15) is 0 Å². The van der Waals surface area contributed by atoms with Crippen LogP contribution in [0.5, 0.6) is 0 Å². The minimum Gasteiger partial charge on any atom is -0.369 e. The van der Waals surface area contributed by atoms with Crippen molar-refractivity contribution in [2.24, 2.45) is 0 Å². The Labute approximate surface area is 249 Å². The van der Waals surface area contributed by atoms with Gasteiger partial charge in [-0.05, 0) is 78.5 Å². The quantitative estimate of drug-likeness (QED) is 0.217. The molecule has 0 unspecified atom stereocenters. The Morgan fingerprint density at radius 2 is 1.21 bits per heavy atom. The SMILES string of the molecule is CC1(C)c2ccccc2-c2cccc3c(-c4ccc(-n5c(N)nc6ccccc65)c5ccccc45)c4ccccc4c1c23. The summed E-state index contributed by atoms with van der Waals surface area (Å²) in [7, 11) is 0. The van der Waals surface area contributed by atoms with Gasteiger partial charge in [0, 0.05) is 10.8 Å². The third-order valence-corrected chi connectivity index (χ3v) is 9.56. The molecule has 0 saturated heterocycles. The number of hydrogen-bond donors (Lipinski definition) is 1. The number of imidazole rings is 1. The Morgan fingerprint density at radius 3 is 2.07 bits per heavy atom. The molecule has 1 aliphatic carbocycles. The normalized spacial score (nSPS) is 13.6. The topological polar surface area (TPSA) is 43.8 Å². The van der Waals surface area contributed by atoms with Crippen molar-refractivity contribution >= 4 is 49.3 Å². The average molecular weight is 552 g/mol. The maximum absolute atomic E-state index is 6.55. The van der Waals surface area contributed by atoms with Crippen LogP contribution in [0.1, 0.15) is 25.0 Å². The number of nitrogens with zero attached hydrogens (tertiary/aromatic N) is 2. The Balaban J connectivity index is 1.43. The molecule has 8 aromatic rings. The van der Waals surface area contributed by atoms with E-state index in [2.05, 4.69) is 133 Å². The Bertz CT molecular complexity index is 2440. The van der Waals surface area contributed by atoms with E-state index in [1.807, 2.05) is 18.2 Å². The summed E-state index contributed by atoms with van der Waals surface area (Å²) in [6.07, 6.45) is 0. The number of benzene rings is 7. The van der Waals surface area contributed by atoms with Crippen molar-refractivity contribution in [2.75, 3.05) is 5.73 Å². The number of anilines is 1. The lowest BCUT2D eigenvalue weighted by Gasteiger charge is -2.37. The molecule has 204 valence electrons. The third-order valence-electron chi connectivity index (χ3n) is 9.56. The summed E-state index contributed by atoms with van der Waals surface area (Å²) in [5, 5.41) is 7.58. The van der Waals surface area contributed by atoms with Gasteiger partial charge in [-0.25, -0.2) is 4.98 Å². The lowest BCUT2D eigenvalue weighted by Crippen LogP contribution is -2.24. The van der Waals surface area contributed by atoms with Gasteiger partial charge in [0.1, 0.15) is 0 Å². The van der Waals surface area contributed by atoms with E-state index < -0.39 is 0 Å². The van der Waals surface area contributed by atoms with E-state index in [0.29, 0.717) is 5.95 Å². The van der Waals surface area contributed by atoms with E-state index in [1.165, 1.54) is 60.3 Å². The number of para-hydroxylation sites is 2. The molecular formula is C40H29N3. The Morgan fingerprint density at radius 1 is 0.558 bits per heavy atom. The van der Waals surface area contributed by atoms with Crippen molar-refractivity contribution in [3.63, 3.8) is 0 Å². The van der Waals surface area contributed by atoms with Crippen LogP contribution in [0.15, 0.2) is 127 Å². The molecule has 7 aromatic carbocycles. The second-order valence-corrected chi connectivity index (χ2v) is 12.2. The van der Waals surface area contributed by atoms with Crippen molar-refractivity contribution in [3.8, 4) is 27.9 Å². The van der Waals surface area contributed by atoms with Gasteiger partial charge in [-0.3, -0.25) is 4.57 Å². The van der Waals surface area contributed by atoms with Gasteiger partial charge < -0.3 is 5.73 Å². The zero-order chi connectivity index (χ0) is 28.9. The summed E-state index contributed by atoms with van der Waals surface area (Å²) >= 11 is 0. The van der Waals surface area contributed by atoms with Gasteiger partial charge in [-0.1, -0.05) is 123 Å². The van der Waals surface area contributed by atoms with Crippen LogP contribution in [0.4, 0.5) is 5.95 Å². The maximum atomic E-state index is 6.55. The molecule has 0 aliphatic heterocycles. The van der Waals surface area contributed by atoms with Gasteiger partial charge in [0.15, 0.2) is 0 Å². The average Bonchev–Trinajstić information content (AvgIpc) is 3.38. The summed E-state index contributed by atoms with van der Waals surface area (Å²) in [5.41, 5.74) is 17.3. The second kappa shape index (κ2) is 8.56. The van der Waals surface area contributed by atoms with Gasteiger partial charge in [-0.15, -0.1) is 0 Å².